The van der Waals surface area contributed by atoms with Crippen LogP contribution >= 0.6 is 0 Å². The first-order chi connectivity index (χ1) is 15.5. The number of amides is 1. The second-order valence-electron chi connectivity index (χ2n) is 6.59. The van der Waals surface area contributed by atoms with Crippen molar-refractivity contribution in [3.05, 3.63) is 76.4 Å². The predicted octanol–water partition coefficient (Wildman–Crippen LogP) is 4.20. The summed E-state index contributed by atoms with van der Waals surface area (Å²) in [4.78, 5) is 30.9. The van der Waals surface area contributed by atoms with Crippen molar-refractivity contribution >= 4 is 28.9 Å². The molecule has 166 valence electrons. The Labute approximate surface area is 183 Å². The molecular formula is C21H21FN6O4. The van der Waals surface area contributed by atoms with Crippen molar-refractivity contribution in [2.24, 2.45) is 0 Å². The molecule has 32 heavy (non-hydrogen) atoms. The molecule has 0 bridgehead atoms. The molecule has 0 unspecified atom stereocenters. The van der Waals surface area contributed by atoms with Crippen LogP contribution in [0.5, 0.6) is 5.75 Å². The van der Waals surface area contributed by atoms with E-state index in [2.05, 4.69) is 33.1 Å². The van der Waals surface area contributed by atoms with Gasteiger partial charge in [-0.1, -0.05) is 25.5 Å². The summed E-state index contributed by atoms with van der Waals surface area (Å²) in [6.07, 6.45) is 3.06. The van der Waals surface area contributed by atoms with Crippen LogP contribution in [0.15, 0.2) is 54.9 Å². The normalized spacial score (nSPS) is 10.3. The number of halogens is 1. The SMILES string of the molecule is CCCCOc1ccc(Nc2ncnc(NNC(=O)c3ccccc3F)c2[N+](=O)[O-])cc1. The largest absolute Gasteiger partial charge is 0.494 e. The molecule has 1 amide bonds. The second-order valence-corrected chi connectivity index (χ2v) is 6.59. The molecule has 0 spiro atoms. The average Bonchev–Trinajstić information content (AvgIpc) is 2.79. The lowest BCUT2D eigenvalue weighted by Gasteiger charge is -2.11. The number of unbranched alkanes of at least 4 members (excludes halogenated alkanes) is 1. The van der Waals surface area contributed by atoms with Crippen LogP contribution in [0.2, 0.25) is 0 Å². The van der Waals surface area contributed by atoms with Crippen LogP contribution < -0.4 is 20.9 Å². The summed E-state index contributed by atoms with van der Waals surface area (Å²) in [6, 6.07) is 12.2. The van der Waals surface area contributed by atoms with Crippen LogP contribution in [0, 0.1) is 15.9 Å². The van der Waals surface area contributed by atoms with E-state index in [1.54, 1.807) is 24.3 Å². The molecule has 1 heterocycles. The third kappa shape index (κ3) is 5.65. The van der Waals surface area contributed by atoms with Crippen LogP contribution in [0.1, 0.15) is 30.1 Å². The first-order valence-corrected chi connectivity index (χ1v) is 9.79. The van der Waals surface area contributed by atoms with Gasteiger partial charge in [0, 0.05) is 5.69 Å². The van der Waals surface area contributed by atoms with Crippen LogP contribution in [-0.2, 0) is 0 Å². The zero-order valence-corrected chi connectivity index (χ0v) is 17.2. The molecule has 0 aliphatic heterocycles. The topological polar surface area (TPSA) is 131 Å². The number of nitrogens with zero attached hydrogens (tertiary/aromatic N) is 3. The van der Waals surface area contributed by atoms with Crippen molar-refractivity contribution in [2.45, 2.75) is 19.8 Å². The summed E-state index contributed by atoms with van der Waals surface area (Å²) in [5.41, 5.74) is 4.39. The number of hydrogen-bond acceptors (Lipinski definition) is 8. The molecule has 11 heteroatoms. The van der Waals surface area contributed by atoms with Gasteiger partial charge >= 0.3 is 5.69 Å². The van der Waals surface area contributed by atoms with Crippen LogP contribution in [-0.4, -0.2) is 27.4 Å². The number of carbonyl (C=O) groups excluding carboxylic acids is 1. The van der Waals surface area contributed by atoms with E-state index in [0.29, 0.717) is 18.0 Å². The summed E-state index contributed by atoms with van der Waals surface area (Å²) >= 11 is 0. The second kappa shape index (κ2) is 10.7. The maximum absolute atomic E-state index is 13.8. The smallest absolute Gasteiger partial charge is 0.355 e. The van der Waals surface area contributed by atoms with E-state index >= 15 is 0 Å². The highest BCUT2D eigenvalue weighted by atomic mass is 19.1. The van der Waals surface area contributed by atoms with Gasteiger partial charge in [-0.2, -0.15) is 0 Å². The monoisotopic (exact) mass is 440 g/mol. The minimum Gasteiger partial charge on any atom is -0.494 e. The van der Waals surface area contributed by atoms with Gasteiger partial charge in [0.2, 0.25) is 11.6 Å². The Bertz CT molecular complexity index is 1090. The quantitative estimate of drug-likeness (QED) is 0.243. The molecule has 2 aromatic carbocycles. The summed E-state index contributed by atoms with van der Waals surface area (Å²) in [5.74, 6) is -1.22. The van der Waals surface area contributed by atoms with Gasteiger partial charge in [-0.3, -0.25) is 25.8 Å². The maximum atomic E-state index is 13.8. The van der Waals surface area contributed by atoms with Crippen LogP contribution in [0.4, 0.5) is 27.4 Å². The van der Waals surface area contributed by atoms with Gasteiger partial charge < -0.3 is 10.1 Å². The minimum absolute atomic E-state index is 0.0905. The number of benzene rings is 2. The van der Waals surface area contributed by atoms with E-state index < -0.39 is 22.3 Å². The van der Waals surface area contributed by atoms with E-state index in [-0.39, 0.29) is 17.2 Å². The van der Waals surface area contributed by atoms with Gasteiger partial charge in [-0.25, -0.2) is 14.4 Å². The van der Waals surface area contributed by atoms with Gasteiger partial charge in [-0.05, 0) is 42.8 Å². The fraction of sp³-hybridized carbons (Fsp3) is 0.190. The van der Waals surface area contributed by atoms with E-state index in [1.165, 1.54) is 18.2 Å². The van der Waals surface area contributed by atoms with Gasteiger partial charge in [0.1, 0.15) is 17.9 Å². The lowest BCUT2D eigenvalue weighted by atomic mass is 10.2. The zero-order chi connectivity index (χ0) is 22.9. The van der Waals surface area contributed by atoms with Gasteiger partial charge in [0.05, 0.1) is 17.1 Å². The third-order valence-corrected chi connectivity index (χ3v) is 4.30. The molecule has 0 aliphatic carbocycles. The molecule has 0 saturated heterocycles. The molecule has 0 radical (unpaired) electrons. The molecule has 3 aromatic rings. The van der Waals surface area contributed by atoms with Crippen molar-refractivity contribution in [3.8, 4) is 5.75 Å². The Balaban J connectivity index is 1.74. The van der Waals surface area contributed by atoms with E-state index in [4.69, 9.17) is 4.74 Å². The minimum atomic E-state index is -0.816. The first kappa shape index (κ1) is 22.4. The number of rotatable bonds is 10. The summed E-state index contributed by atoms with van der Waals surface area (Å²) in [6.45, 7) is 2.67. The summed E-state index contributed by atoms with van der Waals surface area (Å²) in [5, 5.41) is 14.5. The highest BCUT2D eigenvalue weighted by Gasteiger charge is 2.24. The molecule has 0 fully saturated rings. The fourth-order valence-corrected chi connectivity index (χ4v) is 2.67. The van der Waals surface area contributed by atoms with Gasteiger partial charge in [0.25, 0.3) is 5.91 Å². The maximum Gasteiger partial charge on any atom is 0.355 e. The molecule has 3 rings (SSSR count). The lowest BCUT2D eigenvalue weighted by Crippen LogP contribution is -2.31. The Morgan fingerprint density at radius 1 is 1.12 bits per heavy atom. The highest BCUT2D eigenvalue weighted by molar-refractivity contribution is 5.95. The first-order valence-electron chi connectivity index (χ1n) is 9.79. The number of nitro groups is 1. The Hall–Kier alpha value is -4.28. The van der Waals surface area contributed by atoms with E-state index in [1.807, 2.05) is 0 Å². The Kier molecular flexibility index (Phi) is 7.46. The molecule has 10 nitrogen and oxygen atoms in total. The van der Waals surface area contributed by atoms with Crippen molar-refractivity contribution in [3.63, 3.8) is 0 Å². The number of carbonyl (C=O) groups is 1. The Morgan fingerprint density at radius 3 is 2.53 bits per heavy atom. The summed E-state index contributed by atoms with van der Waals surface area (Å²) in [7, 11) is 0. The summed E-state index contributed by atoms with van der Waals surface area (Å²) < 4.78 is 19.3. The molecule has 3 N–H and O–H groups in total. The lowest BCUT2D eigenvalue weighted by molar-refractivity contribution is -0.383. The Morgan fingerprint density at radius 2 is 1.84 bits per heavy atom. The molecule has 0 aliphatic rings. The van der Waals surface area contributed by atoms with Gasteiger partial charge in [-0.15, -0.1) is 0 Å². The van der Waals surface area contributed by atoms with E-state index in [9.17, 15) is 19.3 Å². The average molecular weight is 440 g/mol. The molecule has 0 atom stereocenters. The standard InChI is InChI=1S/C21H21FN6O4/c1-2-3-12-32-15-10-8-14(9-11-15)25-19-18(28(30)31)20(24-13-23-19)26-27-21(29)16-6-4-5-7-17(16)22/h4-11,13H,2-3,12H2,1H3,(H,27,29)(H2,23,24,25,26). The molecule has 1 aromatic heterocycles. The number of ether oxygens (including phenoxy) is 1. The zero-order valence-electron chi connectivity index (χ0n) is 17.2. The molecular weight excluding hydrogens is 419 g/mol. The van der Waals surface area contributed by atoms with Crippen molar-refractivity contribution in [1.82, 2.24) is 15.4 Å². The van der Waals surface area contributed by atoms with Crippen LogP contribution in [0.25, 0.3) is 0 Å². The number of hydrogen-bond donors (Lipinski definition) is 3. The van der Waals surface area contributed by atoms with Crippen molar-refractivity contribution < 1.29 is 18.8 Å². The number of aromatic nitrogens is 2. The van der Waals surface area contributed by atoms with Crippen LogP contribution in [0.3, 0.4) is 0 Å². The van der Waals surface area contributed by atoms with Gasteiger partial charge in [0.15, 0.2) is 0 Å². The number of hydrazine groups is 1. The third-order valence-electron chi connectivity index (χ3n) is 4.30. The highest BCUT2D eigenvalue weighted by Crippen LogP contribution is 2.31. The van der Waals surface area contributed by atoms with Crippen molar-refractivity contribution in [2.75, 3.05) is 17.3 Å². The fourth-order valence-electron chi connectivity index (χ4n) is 2.67. The molecule has 0 saturated carbocycles. The van der Waals surface area contributed by atoms with Crippen molar-refractivity contribution in [1.29, 1.82) is 0 Å². The number of anilines is 3. The predicted molar refractivity (Wildman–Crippen MR) is 116 cm³/mol. The van der Waals surface area contributed by atoms with E-state index in [0.717, 1.165) is 25.2 Å². The number of nitrogens with one attached hydrogen (secondary N) is 3.